The number of benzene rings is 4. The van der Waals surface area contributed by atoms with Gasteiger partial charge in [0, 0.05) is 23.6 Å². The molecule has 4 aromatic carbocycles. The summed E-state index contributed by atoms with van der Waals surface area (Å²) in [5.41, 5.74) is 6.30. The summed E-state index contributed by atoms with van der Waals surface area (Å²) < 4.78 is 11.5. The van der Waals surface area contributed by atoms with Crippen LogP contribution in [0.1, 0.15) is 44.8 Å². The number of nitrogens with one attached hydrogen (secondary N) is 2. The summed E-state index contributed by atoms with van der Waals surface area (Å²) in [6.45, 7) is 3.96. The van der Waals surface area contributed by atoms with Crippen LogP contribution in [0, 0.1) is 6.92 Å². The van der Waals surface area contributed by atoms with Crippen LogP contribution in [-0.2, 0) is 0 Å². The Morgan fingerprint density at radius 2 is 1.54 bits per heavy atom. The second kappa shape index (κ2) is 10.9. The molecule has 6 heteroatoms. The third-order valence-corrected chi connectivity index (χ3v) is 6.86. The average Bonchev–Trinajstić information content (AvgIpc) is 3.36. The molecule has 1 heterocycles. The molecule has 0 spiro atoms. The lowest BCUT2D eigenvalue weighted by Crippen LogP contribution is -2.26. The van der Waals surface area contributed by atoms with Gasteiger partial charge >= 0.3 is 0 Å². The average molecular weight is 519 g/mol. The van der Waals surface area contributed by atoms with Gasteiger partial charge < -0.3 is 19.8 Å². The van der Waals surface area contributed by atoms with Gasteiger partial charge in [-0.25, -0.2) is 0 Å². The van der Waals surface area contributed by atoms with Crippen LogP contribution in [0.3, 0.4) is 0 Å². The Morgan fingerprint density at radius 1 is 0.821 bits per heavy atom. The first kappa shape index (κ1) is 25.8. The second-order valence-corrected chi connectivity index (χ2v) is 9.51. The first-order valence-corrected chi connectivity index (χ1v) is 12.8. The van der Waals surface area contributed by atoms with Crippen LogP contribution in [0.5, 0.6) is 5.75 Å². The number of fused-ring (bicyclic) bond motifs is 1. The van der Waals surface area contributed by atoms with Gasteiger partial charge in [-0.1, -0.05) is 60.2 Å². The lowest BCUT2D eigenvalue weighted by molar-refractivity contribution is 0.0937. The van der Waals surface area contributed by atoms with Gasteiger partial charge in [-0.3, -0.25) is 9.59 Å². The number of methoxy groups -OCH3 is 1. The molecule has 0 unspecified atom stereocenters. The highest BCUT2D eigenvalue weighted by Crippen LogP contribution is 2.36. The molecule has 196 valence electrons. The number of hydrogen-bond donors (Lipinski definition) is 2. The summed E-state index contributed by atoms with van der Waals surface area (Å²) in [4.78, 5) is 26.1. The van der Waals surface area contributed by atoms with E-state index in [-0.39, 0.29) is 17.9 Å². The van der Waals surface area contributed by atoms with Gasteiger partial charge in [0.1, 0.15) is 17.1 Å². The maximum atomic E-state index is 13.1. The van der Waals surface area contributed by atoms with Gasteiger partial charge in [0.25, 0.3) is 11.8 Å². The molecule has 0 bridgehead atoms. The fourth-order valence-corrected chi connectivity index (χ4v) is 4.65. The third kappa shape index (κ3) is 5.27. The molecule has 0 fully saturated rings. The Balaban J connectivity index is 1.48. The smallest absolute Gasteiger partial charge is 0.255 e. The molecular formula is C33H30N2O4. The highest BCUT2D eigenvalue weighted by molar-refractivity contribution is 6.12. The van der Waals surface area contributed by atoms with Crippen molar-refractivity contribution in [2.75, 3.05) is 14.2 Å². The van der Waals surface area contributed by atoms with E-state index in [4.69, 9.17) is 9.15 Å². The molecule has 0 aliphatic carbocycles. The molecule has 0 radical (unpaired) electrons. The van der Waals surface area contributed by atoms with E-state index in [9.17, 15) is 9.59 Å². The molecule has 1 atom stereocenters. The van der Waals surface area contributed by atoms with Crippen molar-refractivity contribution in [2.24, 2.45) is 0 Å². The van der Waals surface area contributed by atoms with Crippen LogP contribution in [0.15, 0.2) is 95.4 Å². The monoisotopic (exact) mass is 518 g/mol. The van der Waals surface area contributed by atoms with E-state index >= 15 is 0 Å². The number of aryl methyl sites for hydroxylation is 1. The minimum atomic E-state index is -0.221. The van der Waals surface area contributed by atoms with E-state index in [2.05, 4.69) is 10.6 Å². The Bertz CT molecular complexity index is 1670. The summed E-state index contributed by atoms with van der Waals surface area (Å²) in [6, 6.07) is 28.5. The standard InChI is InChI=1S/C33H30N2O4/c1-20-11-13-22(14-12-20)31-30(33(37)34-3)28-19-25(15-16-29(28)39-31)24-8-5-9-26(17-24)32(36)35-21(2)23-7-6-10-27(18-23)38-4/h5-19,21H,1-4H3,(H,34,37)(H,35,36)/t21-/m0/s1. The van der Waals surface area contributed by atoms with Crippen molar-refractivity contribution in [3.63, 3.8) is 0 Å². The molecule has 5 aromatic rings. The van der Waals surface area contributed by atoms with Crippen LogP contribution in [0.2, 0.25) is 0 Å². The number of carbonyl (C=O) groups is 2. The van der Waals surface area contributed by atoms with Crippen LogP contribution in [-0.4, -0.2) is 26.0 Å². The summed E-state index contributed by atoms with van der Waals surface area (Å²) in [7, 11) is 3.23. The van der Waals surface area contributed by atoms with E-state index in [0.29, 0.717) is 27.9 Å². The van der Waals surface area contributed by atoms with Gasteiger partial charge in [0.2, 0.25) is 0 Å². The molecule has 5 rings (SSSR count). The quantitative estimate of drug-likeness (QED) is 0.245. The molecule has 2 N–H and O–H groups in total. The summed E-state index contributed by atoms with van der Waals surface area (Å²) in [5.74, 6) is 0.874. The molecular weight excluding hydrogens is 488 g/mol. The number of hydrogen-bond acceptors (Lipinski definition) is 4. The maximum absolute atomic E-state index is 13.1. The predicted molar refractivity (Wildman–Crippen MR) is 154 cm³/mol. The molecule has 0 aliphatic rings. The highest BCUT2D eigenvalue weighted by Gasteiger charge is 2.22. The molecule has 0 aliphatic heterocycles. The highest BCUT2D eigenvalue weighted by atomic mass is 16.5. The number of ether oxygens (including phenoxy) is 1. The minimum Gasteiger partial charge on any atom is -0.497 e. The summed E-state index contributed by atoms with van der Waals surface area (Å²) >= 11 is 0. The molecule has 39 heavy (non-hydrogen) atoms. The van der Waals surface area contributed by atoms with Crippen molar-refractivity contribution < 1.29 is 18.7 Å². The minimum absolute atomic E-state index is 0.177. The zero-order valence-corrected chi connectivity index (χ0v) is 22.4. The number of furan rings is 1. The first-order chi connectivity index (χ1) is 18.9. The largest absolute Gasteiger partial charge is 0.497 e. The van der Waals surface area contributed by atoms with Crippen LogP contribution >= 0.6 is 0 Å². The molecule has 0 saturated heterocycles. The van der Waals surface area contributed by atoms with Gasteiger partial charge in [0.05, 0.1) is 18.7 Å². The van der Waals surface area contributed by atoms with Crippen molar-refractivity contribution in [3.05, 3.63) is 113 Å². The third-order valence-electron chi connectivity index (χ3n) is 6.86. The number of amides is 2. The predicted octanol–water partition coefficient (Wildman–Crippen LogP) is 6.93. The van der Waals surface area contributed by atoms with E-state index in [1.54, 1.807) is 20.2 Å². The van der Waals surface area contributed by atoms with Crippen LogP contribution in [0.4, 0.5) is 0 Å². The van der Waals surface area contributed by atoms with E-state index in [0.717, 1.165) is 33.6 Å². The fourth-order valence-electron chi connectivity index (χ4n) is 4.65. The summed E-state index contributed by atoms with van der Waals surface area (Å²) in [5, 5.41) is 6.52. The molecule has 0 saturated carbocycles. The van der Waals surface area contributed by atoms with Gasteiger partial charge in [-0.2, -0.15) is 0 Å². The maximum Gasteiger partial charge on any atom is 0.255 e. The lowest BCUT2D eigenvalue weighted by atomic mass is 9.98. The topological polar surface area (TPSA) is 80.6 Å². The molecule has 2 amide bonds. The van der Waals surface area contributed by atoms with Crippen molar-refractivity contribution in [2.45, 2.75) is 19.9 Å². The van der Waals surface area contributed by atoms with Crippen molar-refractivity contribution in [1.29, 1.82) is 0 Å². The Morgan fingerprint density at radius 3 is 2.28 bits per heavy atom. The van der Waals surface area contributed by atoms with Crippen molar-refractivity contribution in [3.8, 4) is 28.2 Å². The van der Waals surface area contributed by atoms with Gasteiger partial charge in [-0.05, 0) is 66.9 Å². The normalized spacial score (nSPS) is 11.7. The Labute approximate surface area is 227 Å². The van der Waals surface area contributed by atoms with Crippen LogP contribution < -0.4 is 15.4 Å². The summed E-state index contributed by atoms with van der Waals surface area (Å²) in [6.07, 6.45) is 0. The molecule has 6 nitrogen and oxygen atoms in total. The molecule has 1 aromatic heterocycles. The Kier molecular flexibility index (Phi) is 7.19. The first-order valence-electron chi connectivity index (χ1n) is 12.8. The SMILES string of the molecule is CNC(=O)c1c(-c2ccc(C)cc2)oc2ccc(-c3cccc(C(=O)N[C@@H](C)c4cccc(OC)c4)c3)cc12. The van der Waals surface area contributed by atoms with E-state index in [1.807, 2.05) is 98.8 Å². The van der Waals surface area contributed by atoms with Gasteiger partial charge in [-0.15, -0.1) is 0 Å². The second-order valence-electron chi connectivity index (χ2n) is 9.51. The lowest BCUT2D eigenvalue weighted by Gasteiger charge is -2.15. The Hall–Kier alpha value is -4.84. The van der Waals surface area contributed by atoms with E-state index in [1.165, 1.54) is 0 Å². The zero-order valence-electron chi connectivity index (χ0n) is 22.4. The van der Waals surface area contributed by atoms with Crippen molar-refractivity contribution >= 4 is 22.8 Å². The van der Waals surface area contributed by atoms with Crippen LogP contribution in [0.25, 0.3) is 33.4 Å². The van der Waals surface area contributed by atoms with Crippen molar-refractivity contribution in [1.82, 2.24) is 10.6 Å². The number of carbonyl (C=O) groups excluding carboxylic acids is 2. The zero-order chi connectivity index (χ0) is 27.5. The van der Waals surface area contributed by atoms with Gasteiger partial charge in [0.15, 0.2) is 0 Å². The number of rotatable bonds is 7. The fraction of sp³-hybridized carbons (Fsp3) is 0.152. The van der Waals surface area contributed by atoms with E-state index < -0.39 is 0 Å².